The van der Waals surface area contributed by atoms with Crippen LogP contribution in [0.15, 0.2) is 24.3 Å². The molecule has 1 aromatic carbocycles. The van der Waals surface area contributed by atoms with Crippen molar-refractivity contribution in [2.24, 2.45) is 0 Å². The van der Waals surface area contributed by atoms with Crippen molar-refractivity contribution in [3.8, 4) is 5.75 Å². The minimum Gasteiger partial charge on any atom is -0.491 e. The van der Waals surface area contributed by atoms with Gasteiger partial charge in [0.1, 0.15) is 5.75 Å². The molecule has 0 aliphatic carbocycles. The lowest BCUT2D eigenvalue weighted by Crippen LogP contribution is -2.42. The van der Waals surface area contributed by atoms with Crippen LogP contribution in [0.1, 0.15) is 41.2 Å². The highest BCUT2D eigenvalue weighted by molar-refractivity contribution is 5.95. The monoisotopic (exact) mass is 397 g/mol. The second-order valence-electron chi connectivity index (χ2n) is 6.81. The molecule has 2 heterocycles. The van der Waals surface area contributed by atoms with Crippen LogP contribution < -0.4 is 21.3 Å². The van der Waals surface area contributed by atoms with Crippen molar-refractivity contribution in [2.45, 2.75) is 40.2 Å². The maximum atomic E-state index is 12.3. The minimum atomic E-state index is -0.430. The van der Waals surface area contributed by atoms with Gasteiger partial charge in [-0.05, 0) is 52.0 Å². The van der Waals surface area contributed by atoms with Gasteiger partial charge in [0.2, 0.25) is 11.9 Å². The number of aryl methyl sites for hydroxylation is 2. The van der Waals surface area contributed by atoms with E-state index in [2.05, 4.69) is 25.9 Å². The second-order valence-corrected chi connectivity index (χ2v) is 6.81. The number of anilines is 1. The third-order valence-electron chi connectivity index (χ3n) is 4.21. The summed E-state index contributed by atoms with van der Waals surface area (Å²) in [6, 6.07) is 6.66. The quantitative estimate of drug-likeness (QED) is 0.549. The normalized spacial score (nSPS) is 10.9. The number of nitrogens with two attached hydrogens (primary N) is 1. The van der Waals surface area contributed by atoms with Gasteiger partial charge in [-0.25, -0.2) is 4.98 Å². The van der Waals surface area contributed by atoms with Gasteiger partial charge in [-0.3, -0.25) is 20.4 Å². The summed E-state index contributed by atoms with van der Waals surface area (Å²) in [5.41, 5.74) is 12.9. The zero-order valence-electron chi connectivity index (χ0n) is 16.7. The van der Waals surface area contributed by atoms with Crippen LogP contribution in [0.5, 0.6) is 5.75 Å². The molecule has 0 atom stereocenters. The molecule has 3 rings (SSSR count). The molecule has 0 aliphatic heterocycles. The lowest BCUT2D eigenvalue weighted by Gasteiger charge is -2.12. The summed E-state index contributed by atoms with van der Waals surface area (Å²) in [4.78, 5) is 32.9. The summed E-state index contributed by atoms with van der Waals surface area (Å²) in [6.07, 6.45) is 0.0606. The molecule has 0 saturated carbocycles. The summed E-state index contributed by atoms with van der Waals surface area (Å²) in [5.74, 6) is 0.334. The van der Waals surface area contributed by atoms with Gasteiger partial charge in [-0.2, -0.15) is 9.50 Å². The number of rotatable bonds is 5. The van der Waals surface area contributed by atoms with Gasteiger partial charge in [0.05, 0.1) is 12.5 Å². The van der Waals surface area contributed by atoms with Crippen LogP contribution >= 0.6 is 0 Å². The van der Waals surface area contributed by atoms with Crippen molar-refractivity contribution >= 4 is 23.5 Å². The Morgan fingerprint density at radius 2 is 1.83 bits per heavy atom. The number of carbonyl (C=O) groups is 2. The minimum absolute atomic E-state index is 0.0157. The van der Waals surface area contributed by atoms with Crippen molar-refractivity contribution in [2.75, 3.05) is 5.73 Å². The SMILES string of the molecule is Cc1nc2nc(N)nn2c(C)c1CC(=O)NNC(=O)c1ccc(OC(C)C)cc1. The molecule has 10 heteroatoms. The number of benzene rings is 1. The van der Waals surface area contributed by atoms with Crippen LogP contribution in [0, 0.1) is 13.8 Å². The lowest BCUT2D eigenvalue weighted by molar-refractivity contribution is -0.121. The van der Waals surface area contributed by atoms with Crippen molar-refractivity contribution in [3.05, 3.63) is 46.8 Å². The van der Waals surface area contributed by atoms with E-state index >= 15 is 0 Å². The van der Waals surface area contributed by atoms with E-state index in [9.17, 15) is 9.59 Å². The van der Waals surface area contributed by atoms with Gasteiger partial charge in [0.15, 0.2) is 0 Å². The highest BCUT2D eigenvalue weighted by Gasteiger charge is 2.16. The van der Waals surface area contributed by atoms with Gasteiger partial charge >= 0.3 is 0 Å². The standard InChI is InChI=1S/C19H23N7O3/c1-10(2)29-14-7-5-13(6-8-14)17(28)24-23-16(27)9-15-11(3)21-19-22-18(20)25-26(19)12(15)4/h5-8,10H,9H2,1-4H3,(H2,20,25)(H,23,27)(H,24,28). The molecule has 0 fully saturated rings. The first-order valence-electron chi connectivity index (χ1n) is 9.09. The molecule has 0 aliphatic rings. The molecule has 10 nitrogen and oxygen atoms in total. The first-order chi connectivity index (χ1) is 13.7. The number of aromatic nitrogens is 4. The first kappa shape index (κ1) is 20.1. The lowest BCUT2D eigenvalue weighted by atomic mass is 10.1. The number of fused-ring (bicyclic) bond motifs is 1. The summed E-state index contributed by atoms with van der Waals surface area (Å²) >= 11 is 0. The Bertz CT molecular complexity index is 1060. The molecule has 4 N–H and O–H groups in total. The van der Waals surface area contributed by atoms with Crippen molar-refractivity contribution < 1.29 is 14.3 Å². The van der Waals surface area contributed by atoms with E-state index in [1.807, 2.05) is 13.8 Å². The Labute approximate surface area is 167 Å². The molecule has 0 unspecified atom stereocenters. The van der Waals surface area contributed by atoms with E-state index in [0.717, 1.165) is 0 Å². The number of nitrogens with zero attached hydrogens (tertiary/aromatic N) is 4. The average molecular weight is 397 g/mol. The Kier molecular flexibility index (Phi) is 5.62. The van der Waals surface area contributed by atoms with E-state index in [1.165, 1.54) is 4.52 Å². The number of hydrazine groups is 1. The van der Waals surface area contributed by atoms with E-state index in [4.69, 9.17) is 10.5 Å². The van der Waals surface area contributed by atoms with Crippen LogP contribution in [-0.4, -0.2) is 37.5 Å². The Hall–Kier alpha value is -3.69. The zero-order valence-corrected chi connectivity index (χ0v) is 16.7. The van der Waals surface area contributed by atoms with Gasteiger partial charge in [-0.15, -0.1) is 5.10 Å². The molecular formula is C19H23N7O3. The predicted molar refractivity (Wildman–Crippen MR) is 106 cm³/mol. The number of hydrogen-bond acceptors (Lipinski definition) is 7. The van der Waals surface area contributed by atoms with Crippen molar-refractivity contribution in [3.63, 3.8) is 0 Å². The highest BCUT2D eigenvalue weighted by atomic mass is 16.5. The molecule has 0 saturated heterocycles. The Morgan fingerprint density at radius 1 is 1.14 bits per heavy atom. The predicted octanol–water partition coefficient (Wildman–Crippen LogP) is 1.11. The summed E-state index contributed by atoms with van der Waals surface area (Å²) in [5, 5.41) is 4.07. The maximum absolute atomic E-state index is 12.3. The third-order valence-corrected chi connectivity index (χ3v) is 4.21. The van der Waals surface area contributed by atoms with Crippen LogP contribution in [-0.2, 0) is 11.2 Å². The molecule has 0 bridgehead atoms. The van der Waals surface area contributed by atoms with E-state index in [-0.39, 0.29) is 18.5 Å². The van der Waals surface area contributed by atoms with Crippen LogP contribution in [0.4, 0.5) is 5.95 Å². The molecule has 0 radical (unpaired) electrons. The molecule has 2 amide bonds. The van der Waals surface area contributed by atoms with Crippen molar-refractivity contribution in [1.29, 1.82) is 0 Å². The average Bonchev–Trinajstić information content (AvgIpc) is 3.03. The number of nitrogen functional groups attached to an aromatic ring is 1. The number of amides is 2. The fourth-order valence-corrected chi connectivity index (χ4v) is 2.84. The molecule has 152 valence electrons. The summed E-state index contributed by atoms with van der Waals surface area (Å²) in [7, 11) is 0. The smallest absolute Gasteiger partial charge is 0.269 e. The van der Waals surface area contributed by atoms with E-state index in [1.54, 1.807) is 38.1 Å². The maximum Gasteiger partial charge on any atom is 0.269 e. The number of carbonyl (C=O) groups excluding carboxylic acids is 2. The van der Waals surface area contributed by atoms with Crippen molar-refractivity contribution in [1.82, 2.24) is 30.4 Å². The molecule has 29 heavy (non-hydrogen) atoms. The molecule has 0 spiro atoms. The van der Waals surface area contributed by atoms with Crippen LogP contribution in [0.25, 0.3) is 5.78 Å². The molecule has 2 aromatic heterocycles. The largest absolute Gasteiger partial charge is 0.491 e. The number of hydrogen-bond donors (Lipinski definition) is 3. The van der Waals surface area contributed by atoms with E-state index in [0.29, 0.717) is 34.0 Å². The Balaban J connectivity index is 1.62. The second kappa shape index (κ2) is 8.13. The van der Waals surface area contributed by atoms with E-state index < -0.39 is 11.8 Å². The summed E-state index contributed by atoms with van der Waals surface area (Å²) in [6.45, 7) is 7.42. The topological polar surface area (TPSA) is 137 Å². The summed E-state index contributed by atoms with van der Waals surface area (Å²) < 4.78 is 7.03. The van der Waals surface area contributed by atoms with Gasteiger partial charge in [0, 0.05) is 22.5 Å². The highest BCUT2D eigenvalue weighted by Crippen LogP contribution is 2.15. The third kappa shape index (κ3) is 4.60. The van der Waals surface area contributed by atoms with Gasteiger partial charge in [-0.1, -0.05) is 0 Å². The van der Waals surface area contributed by atoms with Crippen LogP contribution in [0.3, 0.4) is 0 Å². The Morgan fingerprint density at radius 3 is 2.48 bits per heavy atom. The first-order valence-corrected chi connectivity index (χ1v) is 9.09. The fourth-order valence-electron chi connectivity index (χ4n) is 2.84. The zero-order chi connectivity index (χ0) is 21.1. The molecule has 3 aromatic rings. The fraction of sp³-hybridized carbons (Fsp3) is 0.316. The van der Waals surface area contributed by atoms with Gasteiger partial charge < -0.3 is 10.5 Å². The van der Waals surface area contributed by atoms with Crippen LogP contribution in [0.2, 0.25) is 0 Å². The number of ether oxygens (including phenoxy) is 1. The molecular weight excluding hydrogens is 374 g/mol. The number of nitrogens with one attached hydrogen (secondary N) is 2. The van der Waals surface area contributed by atoms with Gasteiger partial charge in [0.25, 0.3) is 11.7 Å².